The lowest BCUT2D eigenvalue weighted by Crippen LogP contribution is -2.49. The summed E-state index contributed by atoms with van der Waals surface area (Å²) >= 11 is 6.84. The predicted octanol–water partition coefficient (Wildman–Crippen LogP) is 3.93. The van der Waals surface area contributed by atoms with Gasteiger partial charge in [-0.15, -0.1) is 0 Å². The monoisotopic (exact) mass is 466 g/mol. The number of carbonyl (C=O) groups is 1. The second-order valence-electron chi connectivity index (χ2n) is 6.03. The first kappa shape index (κ1) is 18.4. The van der Waals surface area contributed by atoms with Crippen molar-refractivity contribution in [3.8, 4) is 5.75 Å². The molecule has 1 fully saturated rings. The minimum atomic E-state index is 0.0474. The van der Waals surface area contributed by atoms with Crippen LogP contribution >= 0.6 is 31.9 Å². The average Bonchev–Trinajstić information content (AvgIpc) is 2.63. The number of nitrogens with zero attached hydrogens (tertiary/aromatic N) is 2. The molecule has 25 heavy (non-hydrogen) atoms. The van der Waals surface area contributed by atoms with Gasteiger partial charge in [-0.25, -0.2) is 0 Å². The number of rotatable bonds is 5. The molecule has 2 aromatic carbocycles. The van der Waals surface area contributed by atoms with Gasteiger partial charge in [0.1, 0.15) is 5.75 Å². The Morgan fingerprint density at radius 3 is 2.04 bits per heavy atom. The molecule has 0 aromatic heterocycles. The molecule has 6 heteroatoms. The molecular weight excluding hydrogens is 448 g/mol. The SMILES string of the molecule is O=C(COc1ccc(Br)cc1)N1CCN(Cc2ccc(Br)cc2)CC1. The van der Waals surface area contributed by atoms with Crippen molar-refractivity contribution in [1.82, 2.24) is 9.80 Å². The van der Waals surface area contributed by atoms with Gasteiger partial charge in [0.15, 0.2) is 6.61 Å². The highest BCUT2D eigenvalue weighted by atomic mass is 79.9. The van der Waals surface area contributed by atoms with E-state index in [-0.39, 0.29) is 12.5 Å². The van der Waals surface area contributed by atoms with Crippen molar-refractivity contribution in [3.05, 3.63) is 63.0 Å². The lowest BCUT2D eigenvalue weighted by molar-refractivity contribution is -0.135. The zero-order valence-electron chi connectivity index (χ0n) is 13.8. The first-order chi connectivity index (χ1) is 12.1. The number of carbonyl (C=O) groups excluding carboxylic acids is 1. The van der Waals surface area contributed by atoms with Gasteiger partial charge < -0.3 is 9.64 Å². The summed E-state index contributed by atoms with van der Waals surface area (Å²) in [5, 5.41) is 0. The molecule has 0 atom stereocenters. The lowest BCUT2D eigenvalue weighted by atomic mass is 10.2. The van der Waals surface area contributed by atoms with Gasteiger partial charge in [0.05, 0.1) is 0 Å². The van der Waals surface area contributed by atoms with Gasteiger partial charge in [0.2, 0.25) is 0 Å². The number of amides is 1. The molecule has 1 amide bonds. The van der Waals surface area contributed by atoms with Crippen LogP contribution in [0.2, 0.25) is 0 Å². The molecule has 1 aliphatic rings. The van der Waals surface area contributed by atoms with Gasteiger partial charge in [0, 0.05) is 41.7 Å². The summed E-state index contributed by atoms with van der Waals surface area (Å²) in [6.45, 7) is 4.29. The van der Waals surface area contributed by atoms with E-state index in [0.717, 1.165) is 41.7 Å². The first-order valence-corrected chi connectivity index (χ1v) is 9.82. The smallest absolute Gasteiger partial charge is 0.260 e. The average molecular weight is 468 g/mol. The van der Waals surface area contributed by atoms with Crippen LogP contribution in [0.1, 0.15) is 5.56 Å². The molecule has 2 aromatic rings. The first-order valence-electron chi connectivity index (χ1n) is 8.23. The summed E-state index contributed by atoms with van der Waals surface area (Å²) in [6, 6.07) is 15.9. The van der Waals surface area contributed by atoms with Crippen LogP contribution in [0.3, 0.4) is 0 Å². The van der Waals surface area contributed by atoms with E-state index in [2.05, 4.69) is 61.0 Å². The van der Waals surface area contributed by atoms with E-state index in [9.17, 15) is 4.79 Å². The fourth-order valence-electron chi connectivity index (χ4n) is 2.77. The minimum absolute atomic E-state index is 0.0474. The van der Waals surface area contributed by atoms with E-state index in [4.69, 9.17) is 4.74 Å². The predicted molar refractivity (Wildman–Crippen MR) is 106 cm³/mol. The highest BCUT2D eigenvalue weighted by molar-refractivity contribution is 9.10. The van der Waals surface area contributed by atoms with Crippen LogP contribution in [0.4, 0.5) is 0 Å². The lowest BCUT2D eigenvalue weighted by Gasteiger charge is -2.34. The fourth-order valence-corrected chi connectivity index (χ4v) is 3.30. The third-order valence-corrected chi connectivity index (χ3v) is 5.28. The summed E-state index contributed by atoms with van der Waals surface area (Å²) in [4.78, 5) is 16.6. The van der Waals surface area contributed by atoms with E-state index in [1.165, 1.54) is 5.56 Å². The molecule has 1 aliphatic heterocycles. The Labute approximate surface area is 165 Å². The van der Waals surface area contributed by atoms with Crippen LogP contribution in [-0.4, -0.2) is 48.5 Å². The number of ether oxygens (including phenoxy) is 1. The molecule has 0 bridgehead atoms. The Morgan fingerprint density at radius 2 is 1.44 bits per heavy atom. The zero-order chi connectivity index (χ0) is 17.6. The van der Waals surface area contributed by atoms with Gasteiger partial charge in [-0.1, -0.05) is 44.0 Å². The van der Waals surface area contributed by atoms with Crippen LogP contribution in [0.5, 0.6) is 5.75 Å². The van der Waals surface area contributed by atoms with Crippen molar-refractivity contribution in [3.63, 3.8) is 0 Å². The van der Waals surface area contributed by atoms with Gasteiger partial charge in [-0.2, -0.15) is 0 Å². The fraction of sp³-hybridized carbons (Fsp3) is 0.316. The maximum Gasteiger partial charge on any atom is 0.260 e. The molecule has 1 saturated heterocycles. The molecule has 4 nitrogen and oxygen atoms in total. The van der Waals surface area contributed by atoms with Gasteiger partial charge in [0.25, 0.3) is 5.91 Å². The second kappa shape index (κ2) is 8.83. The van der Waals surface area contributed by atoms with Crippen LogP contribution in [-0.2, 0) is 11.3 Å². The molecule has 0 saturated carbocycles. The van der Waals surface area contributed by atoms with Gasteiger partial charge >= 0.3 is 0 Å². The van der Waals surface area contributed by atoms with Crippen LogP contribution in [0.15, 0.2) is 57.5 Å². The Morgan fingerprint density at radius 1 is 0.880 bits per heavy atom. The Balaban J connectivity index is 1.42. The van der Waals surface area contributed by atoms with Crippen LogP contribution in [0.25, 0.3) is 0 Å². The highest BCUT2D eigenvalue weighted by Gasteiger charge is 2.21. The summed E-state index contributed by atoms with van der Waals surface area (Å²) < 4.78 is 7.67. The second-order valence-corrected chi connectivity index (χ2v) is 7.86. The van der Waals surface area contributed by atoms with Gasteiger partial charge in [-0.3, -0.25) is 9.69 Å². The van der Waals surface area contributed by atoms with E-state index in [0.29, 0.717) is 5.75 Å². The normalized spacial score (nSPS) is 15.2. The Bertz CT molecular complexity index is 696. The number of benzene rings is 2. The zero-order valence-corrected chi connectivity index (χ0v) is 17.0. The van der Waals surface area contributed by atoms with Crippen molar-refractivity contribution in [2.75, 3.05) is 32.8 Å². The standard InChI is InChI=1S/C19H20Br2N2O2/c20-16-3-1-15(2-4-16)13-22-9-11-23(12-10-22)19(24)14-25-18-7-5-17(21)6-8-18/h1-8H,9-14H2. The number of hydrogen-bond acceptors (Lipinski definition) is 3. The molecule has 0 radical (unpaired) electrons. The molecule has 0 spiro atoms. The van der Waals surface area contributed by atoms with Crippen molar-refractivity contribution in [2.45, 2.75) is 6.54 Å². The molecule has 0 aliphatic carbocycles. The number of hydrogen-bond donors (Lipinski definition) is 0. The maximum absolute atomic E-state index is 12.3. The van der Waals surface area contributed by atoms with Crippen molar-refractivity contribution in [2.24, 2.45) is 0 Å². The third-order valence-electron chi connectivity index (χ3n) is 4.22. The van der Waals surface area contributed by atoms with Crippen LogP contribution in [0, 0.1) is 0 Å². The molecule has 0 N–H and O–H groups in total. The largest absolute Gasteiger partial charge is 0.484 e. The van der Waals surface area contributed by atoms with E-state index >= 15 is 0 Å². The quantitative estimate of drug-likeness (QED) is 0.667. The van der Waals surface area contributed by atoms with E-state index in [1.54, 1.807) is 0 Å². The van der Waals surface area contributed by atoms with Crippen molar-refractivity contribution >= 4 is 37.8 Å². The summed E-state index contributed by atoms with van der Waals surface area (Å²) in [6.07, 6.45) is 0. The molecule has 0 unspecified atom stereocenters. The molecule has 1 heterocycles. The summed E-state index contributed by atoms with van der Waals surface area (Å²) in [7, 11) is 0. The Hall–Kier alpha value is -1.37. The van der Waals surface area contributed by atoms with Crippen molar-refractivity contribution in [1.29, 1.82) is 0 Å². The van der Waals surface area contributed by atoms with Crippen LogP contribution < -0.4 is 4.74 Å². The summed E-state index contributed by atoms with van der Waals surface area (Å²) in [5.74, 6) is 0.761. The molecule has 132 valence electrons. The number of piperazine rings is 1. The van der Waals surface area contributed by atoms with Crippen molar-refractivity contribution < 1.29 is 9.53 Å². The minimum Gasteiger partial charge on any atom is -0.484 e. The van der Waals surface area contributed by atoms with E-state index < -0.39 is 0 Å². The van der Waals surface area contributed by atoms with Gasteiger partial charge in [-0.05, 0) is 42.0 Å². The Kier molecular flexibility index (Phi) is 6.51. The number of halogens is 2. The summed E-state index contributed by atoms with van der Waals surface area (Å²) in [5.41, 5.74) is 1.29. The highest BCUT2D eigenvalue weighted by Crippen LogP contribution is 2.17. The maximum atomic E-state index is 12.3. The van der Waals surface area contributed by atoms with E-state index in [1.807, 2.05) is 29.2 Å². The topological polar surface area (TPSA) is 32.8 Å². The molecular formula is C19H20Br2N2O2. The third kappa shape index (κ3) is 5.56. The molecule has 3 rings (SSSR count).